The van der Waals surface area contributed by atoms with E-state index in [4.69, 9.17) is 5.73 Å². The van der Waals surface area contributed by atoms with E-state index >= 15 is 0 Å². The van der Waals surface area contributed by atoms with Crippen molar-refractivity contribution in [2.45, 2.75) is 26.8 Å². The van der Waals surface area contributed by atoms with Gasteiger partial charge in [-0.2, -0.15) is 5.10 Å². The van der Waals surface area contributed by atoms with Crippen molar-refractivity contribution in [3.05, 3.63) is 35.5 Å². The minimum Gasteiger partial charge on any atom is -0.394 e. The normalized spacial score (nSPS) is 14.0. The van der Waals surface area contributed by atoms with E-state index in [1.807, 2.05) is 11.6 Å². The van der Waals surface area contributed by atoms with Crippen LogP contribution in [0.25, 0.3) is 0 Å². The molecule has 0 unspecified atom stereocenters. The van der Waals surface area contributed by atoms with Crippen molar-refractivity contribution in [3.63, 3.8) is 0 Å². The number of nitrogen functional groups attached to an aromatic ring is 1. The Morgan fingerprint density at radius 3 is 2.89 bits per heavy atom. The Kier molecular flexibility index (Phi) is 2.51. The zero-order valence-electron chi connectivity index (χ0n) is 10.8. The number of rotatable bonds is 2. The van der Waals surface area contributed by atoms with E-state index in [0.717, 1.165) is 36.7 Å². The molecule has 0 amide bonds. The molecule has 2 heterocycles. The van der Waals surface area contributed by atoms with Crippen LogP contribution in [-0.2, 0) is 13.0 Å². The minimum atomic E-state index is 0.800. The molecule has 0 atom stereocenters. The van der Waals surface area contributed by atoms with Crippen LogP contribution in [0.1, 0.15) is 18.2 Å². The molecule has 1 aromatic heterocycles. The fraction of sp³-hybridized carbons (Fsp3) is 0.357. The van der Waals surface area contributed by atoms with E-state index < -0.39 is 0 Å². The maximum atomic E-state index is 6.19. The molecule has 0 fully saturated rings. The van der Waals surface area contributed by atoms with E-state index in [0.29, 0.717) is 0 Å². The molecule has 1 aromatic carbocycles. The second kappa shape index (κ2) is 4.05. The van der Waals surface area contributed by atoms with Gasteiger partial charge in [0.1, 0.15) is 0 Å². The molecule has 0 bridgehead atoms. The fourth-order valence-corrected chi connectivity index (χ4v) is 2.65. The van der Waals surface area contributed by atoms with Gasteiger partial charge in [-0.3, -0.25) is 0 Å². The Bertz CT molecular complexity index is 585. The van der Waals surface area contributed by atoms with Crippen LogP contribution in [-0.4, -0.2) is 16.3 Å². The molecular formula is C14H18N4. The molecule has 2 N–H and O–H groups in total. The lowest BCUT2D eigenvalue weighted by molar-refractivity contribution is 0.649. The van der Waals surface area contributed by atoms with Gasteiger partial charge >= 0.3 is 0 Å². The molecule has 2 aromatic rings. The molecule has 1 aliphatic heterocycles. The number of fused-ring (bicyclic) bond motifs is 1. The highest BCUT2D eigenvalue weighted by Gasteiger charge is 2.25. The largest absolute Gasteiger partial charge is 0.394 e. The van der Waals surface area contributed by atoms with E-state index in [1.165, 1.54) is 11.3 Å². The number of aryl methyl sites for hydroxylation is 2. The van der Waals surface area contributed by atoms with Crippen LogP contribution >= 0.6 is 0 Å². The lowest BCUT2D eigenvalue weighted by atomic mass is 10.2. The first-order valence-electron chi connectivity index (χ1n) is 6.40. The van der Waals surface area contributed by atoms with Crippen LogP contribution in [0.2, 0.25) is 0 Å². The highest BCUT2D eigenvalue weighted by Crippen LogP contribution is 2.38. The lowest BCUT2D eigenvalue weighted by Gasteiger charge is -2.21. The summed E-state index contributed by atoms with van der Waals surface area (Å²) in [7, 11) is 0. The third kappa shape index (κ3) is 1.49. The standard InChI is InChI=1S/C14H18N4/c1-3-18-14(13(15)10(2)16-18)17-9-8-11-6-4-5-7-12(11)17/h4-7H,3,8-9,15H2,1-2H3. The van der Waals surface area contributed by atoms with Gasteiger partial charge < -0.3 is 10.6 Å². The minimum absolute atomic E-state index is 0.800. The smallest absolute Gasteiger partial charge is 0.155 e. The van der Waals surface area contributed by atoms with Gasteiger partial charge in [-0.15, -0.1) is 0 Å². The first kappa shape index (κ1) is 11.1. The van der Waals surface area contributed by atoms with Gasteiger partial charge in [-0.25, -0.2) is 4.68 Å². The first-order chi connectivity index (χ1) is 8.72. The van der Waals surface area contributed by atoms with Crippen LogP contribution in [0.5, 0.6) is 0 Å². The van der Waals surface area contributed by atoms with Crippen LogP contribution in [0, 0.1) is 6.92 Å². The summed E-state index contributed by atoms with van der Waals surface area (Å²) >= 11 is 0. The van der Waals surface area contributed by atoms with Crippen LogP contribution in [0.15, 0.2) is 24.3 Å². The van der Waals surface area contributed by atoms with Gasteiger partial charge in [0.05, 0.1) is 11.4 Å². The SMILES string of the molecule is CCn1nc(C)c(N)c1N1CCc2ccccc21. The number of hydrogen-bond donors (Lipinski definition) is 1. The highest BCUT2D eigenvalue weighted by atomic mass is 15.4. The molecule has 3 rings (SSSR count). The van der Waals surface area contributed by atoms with E-state index in [1.54, 1.807) is 0 Å². The van der Waals surface area contributed by atoms with E-state index in [2.05, 4.69) is 41.2 Å². The maximum absolute atomic E-state index is 6.19. The average Bonchev–Trinajstić information content (AvgIpc) is 2.92. The molecule has 4 heteroatoms. The summed E-state index contributed by atoms with van der Waals surface area (Å²) < 4.78 is 1.99. The summed E-state index contributed by atoms with van der Waals surface area (Å²) in [5, 5.41) is 4.50. The Morgan fingerprint density at radius 1 is 1.33 bits per heavy atom. The van der Waals surface area contributed by atoms with Crippen molar-refractivity contribution >= 4 is 17.2 Å². The van der Waals surface area contributed by atoms with Gasteiger partial charge in [0.2, 0.25) is 0 Å². The molecule has 0 saturated heterocycles. The number of para-hydroxylation sites is 1. The van der Waals surface area contributed by atoms with Gasteiger partial charge in [-0.05, 0) is 31.9 Å². The van der Waals surface area contributed by atoms with Gasteiger partial charge in [-0.1, -0.05) is 18.2 Å². The quantitative estimate of drug-likeness (QED) is 0.880. The van der Waals surface area contributed by atoms with E-state index in [-0.39, 0.29) is 0 Å². The molecule has 94 valence electrons. The third-order valence-electron chi connectivity index (χ3n) is 3.59. The molecule has 0 aliphatic carbocycles. The number of benzene rings is 1. The zero-order valence-corrected chi connectivity index (χ0v) is 10.8. The molecule has 18 heavy (non-hydrogen) atoms. The number of nitrogens with two attached hydrogens (primary N) is 1. The number of hydrogen-bond acceptors (Lipinski definition) is 3. The summed E-state index contributed by atoms with van der Waals surface area (Å²) in [5.74, 6) is 1.04. The van der Waals surface area contributed by atoms with Crippen molar-refractivity contribution in [3.8, 4) is 0 Å². The van der Waals surface area contributed by atoms with Crippen molar-refractivity contribution in [2.24, 2.45) is 0 Å². The van der Waals surface area contributed by atoms with E-state index in [9.17, 15) is 0 Å². The van der Waals surface area contributed by atoms with Crippen LogP contribution in [0.3, 0.4) is 0 Å². The number of aromatic nitrogens is 2. The monoisotopic (exact) mass is 242 g/mol. The molecule has 0 saturated carbocycles. The third-order valence-corrected chi connectivity index (χ3v) is 3.59. The van der Waals surface area contributed by atoms with Gasteiger partial charge in [0.15, 0.2) is 5.82 Å². The topological polar surface area (TPSA) is 47.1 Å². The molecule has 0 spiro atoms. The Hall–Kier alpha value is -1.97. The van der Waals surface area contributed by atoms with Crippen molar-refractivity contribution < 1.29 is 0 Å². The Morgan fingerprint density at radius 2 is 2.11 bits per heavy atom. The summed E-state index contributed by atoms with van der Waals surface area (Å²) in [6.07, 6.45) is 1.07. The summed E-state index contributed by atoms with van der Waals surface area (Å²) in [5.41, 5.74) is 10.6. The number of anilines is 3. The predicted octanol–water partition coefficient (Wildman–Crippen LogP) is 2.49. The molecule has 0 radical (unpaired) electrons. The number of nitrogens with zero attached hydrogens (tertiary/aromatic N) is 3. The molecule has 1 aliphatic rings. The average molecular weight is 242 g/mol. The molecule has 4 nitrogen and oxygen atoms in total. The van der Waals surface area contributed by atoms with Crippen molar-refractivity contribution in [1.29, 1.82) is 0 Å². The Balaban J connectivity index is 2.12. The van der Waals surface area contributed by atoms with Gasteiger partial charge in [0.25, 0.3) is 0 Å². The highest BCUT2D eigenvalue weighted by molar-refractivity contribution is 5.76. The van der Waals surface area contributed by atoms with Crippen LogP contribution < -0.4 is 10.6 Å². The zero-order chi connectivity index (χ0) is 12.7. The second-order valence-electron chi connectivity index (χ2n) is 4.67. The summed E-state index contributed by atoms with van der Waals surface area (Å²) in [6, 6.07) is 8.51. The summed E-state index contributed by atoms with van der Waals surface area (Å²) in [6.45, 7) is 5.88. The Labute approximate surface area is 107 Å². The van der Waals surface area contributed by atoms with Crippen molar-refractivity contribution in [1.82, 2.24) is 9.78 Å². The molecular weight excluding hydrogens is 224 g/mol. The summed E-state index contributed by atoms with van der Waals surface area (Å²) in [4.78, 5) is 2.29. The van der Waals surface area contributed by atoms with Gasteiger partial charge in [0, 0.05) is 18.8 Å². The second-order valence-corrected chi connectivity index (χ2v) is 4.67. The first-order valence-corrected chi connectivity index (χ1v) is 6.40. The van der Waals surface area contributed by atoms with Crippen molar-refractivity contribution in [2.75, 3.05) is 17.2 Å². The fourth-order valence-electron chi connectivity index (χ4n) is 2.65. The predicted molar refractivity (Wildman–Crippen MR) is 74.2 cm³/mol. The van der Waals surface area contributed by atoms with Crippen LogP contribution in [0.4, 0.5) is 17.2 Å². The maximum Gasteiger partial charge on any atom is 0.155 e. The lowest BCUT2D eigenvalue weighted by Crippen LogP contribution is -2.19.